The molecule has 0 bridgehead atoms. The molecular formula is C11H13N3O2. The van der Waals surface area contributed by atoms with Crippen LogP contribution in [0.25, 0.3) is 10.9 Å². The Morgan fingerprint density at radius 1 is 1.12 bits per heavy atom. The van der Waals surface area contributed by atoms with Crippen LogP contribution < -0.4 is 14.8 Å². The summed E-state index contributed by atoms with van der Waals surface area (Å²) in [5.41, 5.74) is 0.788. The summed E-state index contributed by atoms with van der Waals surface area (Å²) in [6, 6.07) is 3.66. The van der Waals surface area contributed by atoms with Crippen molar-refractivity contribution in [1.29, 1.82) is 0 Å². The second-order valence-electron chi connectivity index (χ2n) is 3.20. The monoisotopic (exact) mass is 219 g/mol. The summed E-state index contributed by atoms with van der Waals surface area (Å²) in [5, 5.41) is 3.87. The van der Waals surface area contributed by atoms with E-state index in [0.29, 0.717) is 11.5 Å². The number of aromatic nitrogens is 2. The smallest absolute Gasteiger partial charge is 0.140 e. The molecule has 0 fully saturated rings. The molecule has 1 aromatic carbocycles. The molecule has 1 heterocycles. The molecule has 0 aliphatic heterocycles. The Hall–Kier alpha value is -2.04. The molecule has 5 nitrogen and oxygen atoms in total. The number of rotatable bonds is 3. The molecule has 84 valence electrons. The first-order valence-electron chi connectivity index (χ1n) is 4.84. The Morgan fingerprint density at radius 2 is 1.94 bits per heavy atom. The molecule has 2 rings (SSSR count). The zero-order valence-electron chi connectivity index (χ0n) is 9.44. The van der Waals surface area contributed by atoms with Crippen LogP contribution in [0.1, 0.15) is 0 Å². The maximum atomic E-state index is 5.31. The van der Waals surface area contributed by atoms with Gasteiger partial charge in [-0.1, -0.05) is 0 Å². The van der Waals surface area contributed by atoms with E-state index >= 15 is 0 Å². The van der Waals surface area contributed by atoms with Gasteiger partial charge in [-0.25, -0.2) is 9.97 Å². The van der Waals surface area contributed by atoms with Crippen molar-refractivity contribution in [3.05, 3.63) is 18.5 Å². The van der Waals surface area contributed by atoms with Crippen LogP contribution in [0.5, 0.6) is 11.5 Å². The Kier molecular flexibility index (Phi) is 2.76. The molecule has 1 N–H and O–H groups in total. The molecule has 2 aromatic rings. The van der Waals surface area contributed by atoms with Crippen molar-refractivity contribution in [1.82, 2.24) is 9.97 Å². The van der Waals surface area contributed by atoms with Gasteiger partial charge in [-0.2, -0.15) is 0 Å². The van der Waals surface area contributed by atoms with Gasteiger partial charge in [0.1, 0.15) is 23.6 Å². The van der Waals surface area contributed by atoms with Gasteiger partial charge in [0.2, 0.25) is 0 Å². The average molecular weight is 219 g/mol. The van der Waals surface area contributed by atoms with Crippen LogP contribution in [0.15, 0.2) is 18.5 Å². The fourth-order valence-electron chi connectivity index (χ4n) is 1.60. The number of ether oxygens (including phenoxy) is 2. The molecule has 0 radical (unpaired) electrons. The fourth-order valence-corrected chi connectivity index (χ4v) is 1.60. The lowest BCUT2D eigenvalue weighted by Crippen LogP contribution is -1.97. The Labute approximate surface area is 93.4 Å². The van der Waals surface area contributed by atoms with E-state index in [1.165, 1.54) is 6.33 Å². The van der Waals surface area contributed by atoms with E-state index < -0.39 is 0 Å². The van der Waals surface area contributed by atoms with Crippen molar-refractivity contribution < 1.29 is 9.47 Å². The number of methoxy groups -OCH3 is 2. The molecule has 0 aliphatic carbocycles. The van der Waals surface area contributed by atoms with Crippen LogP contribution in [-0.2, 0) is 0 Å². The lowest BCUT2D eigenvalue weighted by molar-refractivity contribution is 0.398. The van der Waals surface area contributed by atoms with Crippen LogP contribution in [-0.4, -0.2) is 31.2 Å². The first-order valence-corrected chi connectivity index (χ1v) is 4.84. The molecule has 16 heavy (non-hydrogen) atoms. The summed E-state index contributed by atoms with van der Waals surface area (Å²) < 4.78 is 10.5. The number of nitrogens with zero attached hydrogens (tertiary/aromatic N) is 2. The van der Waals surface area contributed by atoms with Gasteiger partial charge in [-0.05, 0) is 0 Å². The van der Waals surface area contributed by atoms with Crippen molar-refractivity contribution in [3.8, 4) is 11.5 Å². The van der Waals surface area contributed by atoms with Gasteiger partial charge in [0.15, 0.2) is 0 Å². The lowest BCUT2D eigenvalue weighted by atomic mass is 10.2. The Bertz CT molecular complexity index is 514. The molecule has 1 aromatic heterocycles. The molecular weight excluding hydrogens is 206 g/mol. The van der Waals surface area contributed by atoms with Crippen LogP contribution in [0.3, 0.4) is 0 Å². The van der Waals surface area contributed by atoms with Crippen molar-refractivity contribution >= 4 is 16.7 Å². The minimum absolute atomic E-state index is 0.694. The van der Waals surface area contributed by atoms with Gasteiger partial charge >= 0.3 is 0 Å². The normalized spacial score (nSPS) is 10.2. The lowest BCUT2D eigenvalue weighted by Gasteiger charge is -2.10. The molecule has 0 unspecified atom stereocenters. The summed E-state index contributed by atoms with van der Waals surface area (Å²) in [4.78, 5) is 8.34. The third-order valence-electron chi connectivity index (χ3n) is 2.37. The zero-order chi connectivity index (χ0) is 11.5. The molecule has 5 heteroatoms. The van der Waals surface area contributed by atoms with E-state index in [0.717, 1.165) is 16.7 Å². The van der Waals surface area contributed by atoms with Crippen molar-refractivity contribution in [3.63, 3.8) is 0 Å². The molecule has 0 saturated carbocycles. The standard InChI is InChI=1S/C11H13N3O2/c1-12-11-10-8(13-6-14-11)4-7(15-2)5-9(10)16-3/h4-6H,1-3H3,(H,12,13,14). The van der Waals surface area contributed by atoms with Gasteiger partial charge in [0, 0.05) is 19.2 Å². The van der Waals surface area contributed by atoms with Gasteiger partial charge in [-0.3, -0.25) is 0 Å². The molecule has 0 atom stereocenters. The van der Waals surface area contributed by atoms with Crippen molar-refractivity contribution in [2.24, 2.45) is 0 Å². The van der Waals surface area contributed by atoms with E-state index in [1.54, 1.807) is 14.2 Å². The summed E-state index contributed by atoms with van der Waals surface area (Å²) in [7, 11) is 5.03. The SMILES string of the molecule is CNc1ncnc2cc(OC)cc(OC)c12. The third-order valence-corrected chi connectivity index (χ3v) is 2.37. The van der Waals surface area contributed by atoms with Crippen LogP contribution in [0.2, 0.25) is 0 Å². The van der Waals surface area contributed by atoms with E-state index in [1.807, 2.05) is 19.2 Å². The van der Waals surface area contributed by atoms with Crippen LogP contribution >= 0.6 is 0 Å². The van der Waals surface area contributed by atoms with Gasteiger partial charge in [0.25, 0.3) is 0 Å². The molecule has 0 spiro atoms. The second-order valence-corrected chi connectivity index (χ2v) is 3.20. The van der Waals surface area contributed by atoms with E-state index in [4.69, 9.17) is 9.47 Å². The molecule has 0 amide bonds. The zero-order valence-corrected chi connectivity index (χ0v) is 9.44. The number of fused-ring (bicyclic) bond motifs is 1. The highest BCUT2D eigenvalue weighted by atomic mass is 16.5. The number of nitrogens with one attached hydrogen (secondary N) is 1. The first-order chi connectivity index (χ1) is 7.80. The highest BCUT2D eigenvalue weighted by molar-refractivity contribution is 5.95. The maximum Gasteiger partial charge on any atom is 0.140 e. The number of anilines is 1. The highest BCUT2D eigenvalue weighted by Gasteiger charge is 2.10. The predicted octanol–water partition coefficient (Wildman–Crippen LogP) is 1.69. The quantitative estimate of drug-likeness (QED) is 0.851. The van der Waals surface area contributed by atoms with Gasteiger partial charge in [0.05, 0.1) is 25.1 Å². The third kappa shape index (κ3) is 1.60. The van der Waals surface area contributed by atoms with Gasteiger partial charge in [-0.15, -0.1) is 0 Å². The largest absolute Gasteiger partial charge is 0.497 e. The first kappa shape index (κ1) is 10.5. The number of benzene rings is 1. The summed E-state index contributed by atoms with van der Waals surface area (Å²) >= 11 is 0. The van der Waals surface area contributed by atoms with Crippen molar-refractivity contribution in [2.75, 3.05) is 26.6 Å². The van der Waals surface area contributed by atoms with Gasteiger partial charge < -0.3 is 14.8 Å². The fraction of sp³-hybridized carbons (Fsp3) is 0.273. The summed E-state index contributed by atoms with van der Waals surface area (Å²) in [6.45, 7) is 0. The number of hydrogen-bond donors (Lipinski definition) is 1. The maximum absolute atomic E-state index is 5.31. The van der Waals surface area contributed by atoms with E-state index in [2.05, 4.69) is 15.3 Å². The van der Waals surface area contributed by atoms with E-state index in [-0.39, 0.29) is 0 Å². The molecule has 0 aliphatic rings. The molecule has 0 saturated heterocycles. The topological polar surface area (TPSA) is 56.3 Å². The minimum Gasteiger partial charge on any atom is -0.497 e. The average Bonchev–Trinajstić information content (AvgIpc) is 2.36. The summed E-state index contributed by atoms with van der Waals surface area (Å²) in [5.74, 6) is 2.15. The second kappa shape index (κ2) is 4.22. The van der Waals surface area contributed by atoms with Crippen LogP contribution in [0, 0.1) is 0 Å². The Balaban J connectivity index is 2.78. The Morgan fingerprint density at radius 3 is 2.56 bits per heavy atom. The predicted molar refractivity (Wildman–Crippen MR) is 62.2 cm³/mol. The van der Waals surface area contributed by atoms with Crippen molar-refractivity contribution in [2.45, 2.75) is 0 Å². The van der Waals surface area contributed by atoms with E-state index in [9.17, 15) is 0 Å². The van der Waals surface area contributed by atoms with Crippen LogP contribution in [0.4, 0.5) is 5.82 Å². The minimum atomic E-state index is 0.694. The summed E-state index contributed by atoms with van der Waals surface area (Å²) in [6.07, 6.45) is 1.51. The number of hydrogen-bond acceptors (Lipinski definition) is 5. The highest BCUT2D eigenvalue weighted by Crippen LogP contribution is 2.33.